The van der Waals surface area contributed by atoms with Crippen LogP contribution in [0.2, 0.25) is 0 Å². The second kappa shape index (κ2) is 6.74. The van der Waals surface area contributed by atoms with E-state index in [1.165, 1.54) is 0 Å². The Kier molecular flexibility index (Phi) is 5.23. The number of hydrogen-bond acceptors (Lipinski definition) is 5. The molecule has 0 radical (unpaired) electrons. The lowest BCUT2D eigenvalue weighted by atomic mass is 10.1. The van der Waals surface area contributed by atoms with Crippen LogP contribution in [0.25, 0.3) is 11.4 Å². The molecule has 1 atom stereocenters. The molecule has 1 aromatic heterocycles. The molecule has 0 amide bonds. The maximum Gasteiger partial charge on any atom is 0.243 e. The van der Waals surface area contributed by atoms with Crippen molar-refractivity contribution in [3.63, 3.8) is 0 Å². The lowest BCUT2D eigenvalue weighted by Gasteiger charge is -2.05. The maximum atomic E-state index is 6.04. The fraction of sp³-hybridized carbons (Fsp3) is 0.429. The van der Waals surface area contributed by atoms with Gasteiger partial charge in [-0.05, 0) is 55.5 Å². The average Bonchev–Trinajstić information content (AvgIpc) is 2.91. The first-order valence-corrected chi connectivity index (χ1v) is 8.57. The highest BCUT2D eigenvalue weighted by atomic mass is 79.9. The third-order valence-electron chi connectivity index (χ3n) is 3.09. The number of hydrogen-bond donors (Lipinski definition) is 1. The quantitative estimate of drug-likeness (QED) is 0.881. The Morgan fingerprint density at radius 1 is 1.35 bits per heavy atom. The van der Waals surface area contributed by atoms with E-state index < -0.39 is 0 Å². The SMILES string of the molecule is CSCCC(N)c1nc(-c2cc(C)c(Br)c(C)c2)no1. The number of nitrogens with zero attached hydrogens (tertiary/aromatic N) is 2. The number of nitrogens with two attached hydrogens (primary N) is 1. The van der Waals surface area contributed by atoms with E-state index >= 15 is 0 Å². The van der Waals surface area contributed by atoms with Gasteiger partial charge in [-0.3, -0.25) is 0 Å². The highest BCUT2D eigenvalue weighted by molar-refractivity contribution is 9.10. The van der Waals surface area contributed by atoms with Gasteiger partial charge in [-0.15, -0.1) is 0 Å². The van der Waals surface area contributed by atoms with E-state index in [2.05, 4.69) is 32.3 Å². The van der Waals surface area contributed by atoms with Crippen LogP contribution in [0, 0.1) is 13.8 Å². The topological polar surface area (TPSA) is 64.9 Å². The van der Waals surface area contributed by atoms with Crippen LogP contribution < -0.4 is 5.73 Å². The van der Waals surface area contributed by atoms with E-state index in [0.29, 0.717) is 11.7 Å². The maximum absolute atomic E-state index is 6.04. The Labute approximate surface area is 131 Å². The van der Waals surface area contributed by atoms with Gasteiger partial charge in [0.1, 0.15) is 0 Å². The van der Waals surface area contributed by atoms with Gasteiger partial charge in [-0.1, -0.05) is 21.1 Å². The van der Waals surface area contributed by atoms with Gasteiger partial charge in [0.25, 0.3) is 0 Å². The molecule has 0 saturated heterocycles. The summed E-state index contributed by atoms with van der Waals surface area (Å²) in [7, 11) is 0. The second-order valence-corrected chi connectivity index (χ2v) is 6.55. The minimum Gasteiger partial charge on any atom is -0.337 e. The molecule has 1 unspecified atom stereocenters. The molecule has 1 aromatic carbocycles. The van der Waals surface area contributed by atoms with Crippen molar-refractivity contribution in [2.75, 3.05) is 12.0 Å². The van der Waals surface area contributed by atoms with Crippen molar-refractivity contribution in [3.8, 4) is 11.4 Å². The van der Waals surface area contributed by atoms with Crippen LogP contribution in [-0.4, -0.2) is 22.1 Å². The third-order valence-corrected chi connectivity index (χ3v) is 4.98. The van der Waals surface area contributed by atoms with E-state index in [0.717, 1.165) is 33.3 Å². The van der Waals surface area contributed by atoms with Crippen molar-refractivity contribution in [1.29, 1.82) is 0 Å². The van der Waals surface area contributed by atoms with Gasteiger partial charge in [0, 0.05) is 10.0 Å². The van der Waals surface area contributed by atoms with Gasteiger partial charge in [0.15, 0.2) is 0 Å². The van der Waals surface area contributed by atoms with Crippen molar-refractivity contribution in [2.45, 2.75) is 26.3 Å². The number of halogens is 1. The van der Waals surface area contributed by atoms with Crippen molar-refractivity contribution >= 4 is 27.7 Å². The molecule has 20 heavy (non-hydrogen) atoms. The summed E-state index contributed by atoms with van der Waals surface area (Å²) in [6, 6.07) is 3.89. The normalized spacial score (nSPS) is 12.7. The molecule has 2 N–H and O–H groups in total. The van der Waals surface area contributed by atoms with E-state index in [1.807, 2.05) is 26.0 Å². The smallest absolute Gasteiger partial charge is 0.243 e. The van der Waals surface area contributed by atoms with Crippen LogP contribution in [0.5, 0.6) is 0 Å². The monoisotopic (exact) mass is 355 g/mol. The Bertz CT molecular complexity index is 577. The minimum absolute atomic E-state index is 0.193. The molecule has 6 heteroatoms. The van der Waals surface area contributed by atoms with E-state index in [4.69, 9.17) is 10.3 Å². The number of rotatable bonds is 5. The molecule has 0 bridgehead atoms. The molecule has 0 spiro atoms. The van der Waals surface area contributed by atoms with Crippen LogP contribution in [0.15, 0.2) is 21.1 Å². The first-order valence-electron chi connectivity index (χ1n) is 6.38. The predicted molar refractivity (Wildman–Crippen MR) is 86.8 cm³/mol. The van der Waals surface area contributed by atoms with Crippen LogP contribution in [0.3, 0.4) is 0 Å². The largest absolute Gasteiger partial charge is 0.337 e. The number of aromatic nitrogens is 2. The predicted octanol–water partition coefficient (Wildman–Crippen LogP) is 3.87. The second-order valence-electron chi connectivity index (χ2n) is 4.77. The lowest BCUT2D eigenvalue weighted by molar-refractivity contribution is 0.353. The van der Waals surface area contributed by atoms with Gasteiger partial charge in [-0.2, -0.15) is 16.7 Å². The average molecular weight is 356 g/mol. The first-order chi connectivity index (χ1) is 9.52. The van der Waals surface area contributed by atoms with Crippen LogP contribution in [0.4, 0.5) is 0 Å². The van der Waals surface area contributed by atoms with Crippen molar-refractivity contribution in [3.05, 3.63) is 33.6 Å². The highest BCUT2D eigenvalue weighted by Gasteiger charge is 2.16. The molecule has 4 nitrogen and oxygen atoms in total. The Balaban J connectivity index is 2.24. The summed E-state index contributed by atoms with van der Waals surface area (Å²) in [4.78, 5) is 4.42. The zero-order valence-corrected chi connectivity index (χ0v) is 14.2. The molecule has 0 aliphatic rings. The van der Waals surface area contributed by atoms with Gasteiger partial charge in [0.05, 0.1) is 6.04 Å². The summed E-state index contributed by atoms with van der Waals surface area (Å²) in [5.41, 5.74) is 9.30. The molecule has 1 heterocycles. The molecular weight excluding hydrogens is 338 g/mol. The summed E-state index contributed by atoms with van der Waals surface area (Å²) < 4.78 is 6.39. The van der Waals surface area contributed by atoms with Crippen LogP contribution >= 0.6 is 27.7 Å². The summed E-state index contributed by atoms with van der Waals surface area (Å²) in [6.45, 7) is 4.09. The Hall–Kier alpha value is -0.850. The van der Waals surface area contributed by atoms with E-state index in [9.17, 15) is 0 Å². The number of aryl methyl sites for hydroxylation is 2. The van der Waals surface area contributed by atoms with Crippen LogP contribution in [0.1, 0.15) is 29.5 Å². The molecule has 0 fully saturated rings. The molecular formula is C14H18BrN3OS. The van der Waals surface area contributed by atoms with E-state index in [1.54, 1.807) is 11.8 Å². The van der Waals surface area contributed by atoms with Gasteiger partial charge in [-0.25, -0.2) is 0 Å². The summed E-state index contributed by atoms with van der Waals surface area (Å²) >= 11 is 5.31. The molecule has 0 aliphatic heterocycles. The molecule has 0 saturated carbocycles. The standard InChI is InChI=1S/C14H18BrN3OS/c1-8-6-10(7-9(2)12(8)15)13-17-14(19-18-13)11(16)4-5-20-3/h6-7,11H,4-5,16H2,1-3H3. The van der Waals surface area contributed by atoms with Crippen molar-refractivity contribution in [1.82, 2.24) is 10.1 Å². The van der Waals surface area contributed by atoms with E-state index in [-0.39, 0.29) is 6.04 Å². The number of benzene rings is 1. The molecule has 0 aliphatic carbocycles. The van der Waals surface area contributed by atoms with Crippen LogP contribution in [-0.2, 0) is 0 Å². The van der Waals surface area contributed by atoms with Crippen molar-refractivity contribution in [2.24, 2.45) is 5.73 Å². The zero-order chi connectivity index (χ0) is 14.7. The molecule has 108 valence electrons. The lowest BCUT2D eigenvalue weighted by Crippen LogP contribution is -2.11. The summed E-state index contributed by atoms with van der Waals surface area (Å²) in [5.74, 6) is 2.08. The summed E-state index contributed by atoms with van der Waals surface area (Å²) in [6.07, 6.45) is 2.89. The fourth-order valence-electron chi connectivity index (χ4n) is 1.95. The fourth-order valence-corrected chi connectivity index (χ4v) is 2.66. The van der Waals surface area contributed by atoms with Gasteiger partial charge in [0.2, 0.25) is 11.7 Å². The van der Waals surface area contributed by atoms with Gasteiger partial charge >= 0.3 is 0 Å². The zero-order valence-electron chi connectivity index (χ0n) is 11.8. The Morgan fingerprint density at radius 3 is 2.60 bits per heavy atom. The highest BCUT2D eigenvalue weighted by Crippen LogP contribution is 2.27. The molecule has 2 aromatic rings. The minimum atomic E-state index is -0.193. The first kappa shape index (κ1) is 15.5. The van der Waals surface area contributed by atoms with Crippen molar-refractivity contribution < 1.29 is 4.52 Å². The third kappa shape index (κ3) is 3.42. The summed E-state index contributed by atoms with van der Waals surface area (Å²) in [5, 5.41) is 4.04. The van der Waals surface area contributed by atoms with Gasteiger partial charge < -0.3 is 10.3 Å². The Morgan fingerprint density at radius 2 is 2.00 bits per heavy atom. The number of thioether (sulfide) groups is 1. The molecule has 2 rings (SSSR count).